The highest BCUT2D eigenvalue weighted by Gasteiger charge is 2.37. The highest BCUT2D eigenvalue weighted by atomic mass is 17.1. The lowest BCUT2D eigenvalue weighted by Gasteiger charge is -2.20. The van der Waals surface area contributed by atoms with Gasteiger partial charge < -0.3 is 36.5 Å². The number of carbonyl (C=O) groups excluding carboxylic acids is 1. The average molecular weight is 625 g/mol. The fourth-order valence-electron chi connectivity index (χ4n) is 4.96. The van der Waals surface area contributed by atoms with Gasteiger partial charge in [-0.2, -0.15) is 10.0 Å². The third-order valence-electron chi connectivity index (χ3n) is 7.22. The van der Waals surface area contributed by atoms with Crippen molar-refractivity contribution in [2.24, 2.45) is 23.5 Å². The van der Waals surface area contributed by atoms with Crippen molar-refractivity contribution < 1.29 is 41.0 Å². The number of hydrogen-bond acceptors (Lipinski definition) is 8. The summed E-state index contributed by atoms with van der Waals surface area (Å²) in [4.78, 5) is 15.3. The van der Waals surface area contributed by atoms with Gasteiger partial charge in [-0.15, -0.1) is 0 Å². The Morgan fingerprint density at radius 1 is 1.18 bits per heavy atom. The van der Waals surface area contributed by atoms with Gasteiger partial charge in [-0.3, -0.25) is 0 Å². The van der Waals surface area contributed by atoms with E-state index in [-0.39, 0.29) is 35.6 Å². The van der Waals surface area contributed by atoms with Crippen molar-refractivity contribution in [1.82, 2.24) is 0 Å². The Labute approximate surface area is 264 Å². The quantitative estimate of drug-likeness (QED) is 0.0601. The summed E-state index contributed by atoms with van der Waals surface area (Å²) in [6.07, 6.45) is 16.2. The monoisotopic (exact) mass is 624 g/mol. The normalized spacial score (nSPS) is 20.6. The molecule has 0 bridgehead atoms. The lowest BCUT2D eigenvalue weighted by Crippen LogP contribution is -3.03. The van der Waals surface area contributed by atoms with Crippen LogP contribution >= 0.6 is 0 Å². The molecule has 10 heteroatoms. The van der Waals surface area contributed by atoms with E-state index in [9.17, 15) is 20.2 Å². The Bertz CT molecular complexity index is 895. The van der Waals surface area contributed by atoms with Crippen LogP contribution in [-0.4, -0.2) is 57.1 Å². The topological polar surface area (TPSA) is 192 Å². The van der Waals surface area contributed by atoms with Crippen LogP contribution in [0.2, 0.25) is 0 Å². The molecule has 2 unspecified atom stereocenters. The van der Waals surface area contributed by atoms with Gasteiger partial charge in [0, 0.05) is 18.8 Å². The molecule has 0 heterocycles. The van der Waals surface area contributed by atoms with Crippen molar-refractivity contribution in [3.8, 4) is 0 Å². The number of benzene rings is 1. The molecule has 9 N–H and O–H groups in total. The summed E-state index contributed by atoms with van der Waals surface area (Å²) in [6, 6.07) is 10.2. The average Bonchev–Trinajstić information content (AvgIpc) is 3.22. The number of hydrogen-bond donors (Lipinski definition) is 6. The van der Waals surface area contributed by atoms with E-state index in [0.717, 1.165) is 51.5 Å². The molecule has 0 radical (unpaired) electrons. The van der Waals surface area contributed by atoms with Crippen molar-refractivity contribution in [2.75, 3.05) is 13.2 Å². The first-order valence-electron chi connectivity index (χ1n) is 15.7. The number of aryl methyl sites for hydroxylation is 1. The molecule has 0 amide bonds. The molecular weight excluding hydrogens is 564 g/mol. The summed E-state index contributed by atoms with van der Waals surface area (Å²) >= 11 is 0. The molecule has 1 aliphatic carbocycles. The summed E-state index contributed by atoms with van der Waals surface area (Å²) in [5.74, 6) is 1.39. The molecule has 10 nitrogen and oxygen atoms in total. The number of unbranched alkanes of at least 4 members (excludes halogenated alkanes) is 3. The van der Waals surface area contributed by atoms with Crippen LogP contribution in [-0.2, 0) is 16.1 Å². The highest BCUT2D eigenvalue weighted by molar-refractivity contribution is 5.75. The maximum absolute atomic E-state index is 11.0. The SMILES string of the molecule is C=C(O)CCCCCO[NH+]([O-])O.CC(=O)CCC/C=C\C[C@H]1C(C)C[C@@H](O)[C@@H]1/C=C/[C@@H](O)CCc1ccccc1.CCN.O. The van der Waals surface area contributed by atoms with E-state index in [1.807, 2.05) is 37.3 Å². The number of carbonyl (C=O) groups is 1. The van der Waals surface area contributed by atoms with E-state index in [4.69, 9.17) is 16.0 Å². The summed E-state index contributed by atoms with van der Waals surface area (Å²) in [6.45, 7) is 10.1. The van der Waals surface area contributed by atoms with Crippen molar-refractivity contribution in [1.29, 1.82) is 0 Å². The van der Waals surface area contributed by atoms with Gasteiger partial charge in [-0.1, -0.05) is 86.9 Å². The Balaban J connectivity index is 0. The van der Waals surface area contributed by atoms with E-state index >= 15 is 0 Å². The first-order chi connectivity index (χ1) is 20.5. The number of nitrogens with two attached hydrogens (primary N) is 1. The number of allylic oxidation sites excluding steroid dienone is 3. The van der Waals surface area contributed by atoms with Gasteiger partial charge in [0.05, 0.1) is 18.0 Å². The molecule has 44 heavy (non-hydrogen) atoms. The van der Waals surface area contributed by atoms with Gasteiger partial charge in [0.1, 0.15) is 12.4 Å². The second-order valence-corrected chi connectivity index (χ2v) is 11.2. The summed E-state index contributed by atoms with van der Waals surface area (Å²) in [5, 5.41) is 46.2. The molecule has 1 saturated carbocycles. The molecular formula is C34H60N2O8. The lowest BCUT2D eigenvalue weighted by atomic mass is 9.86. The Kier molecular flexibility index (Phi) is 27.9. The lowest BCUT2D eigenvalue weighted by molar-refractivity contribution is -1.21. The van der Waals surface area contributed by atoms with Crippen LogP contribution in [0.15, 0.2) is 67.0 Å². The Morgan fingerprint density at radius 3 is 2.43 bits per heavy atom. The number of ketones is 1. The fraction of sp³-hybridized carbons (Fsp3) is 0.618. The largest absolute Gasteiger partial charge is 0.566 e. The van der Waals surface area contributed by atoms with Gasteiger partial charge in [-0.05, 0) is 82.2 Å². The van der Waals surface area contributed by atoms with E-state index in [1.165, 1.54) is 5.56 Å². The molecule has 0 aliphatic heterocycles. The molecule has 1 aromatic carbocycles. The van der Waals surface area contributed by atoms with Crippen LogP contribution in [0.1, 0.15) is 90.5 Å². The van der Waals surface area contributed by atoms with Crippen LogP contribution in [0, 0.1) is 23.0 Å². The number of rotatable bonds is 18. The number of aliphatic hydroxyl groups is 3. The molecule has 0 spiro atoms. The summed E-state index contributed by atoms with van der Waals surface area (Å²) in [5.41, 5.74) is 6.08. The van der Waals surface area contributed by atoms with Crippen molar-refractivity contribution in [3.05, 3.63) is 77.7 Å². The zero-order valence-corrected chi connectivity index (χ0v) is 27.1. The van der Waals surface area contributed by atoms with Crippen LogP contribution in [0.25, 0.3) is 0 Å². The predicted octanol–water partition coefficient (Wildman–Crippen LogP) is 4.34. The first kappa shape index (κ1) is 43.7. The predicted molar refractivity (Wildman–Crippen MR) is 176 cm³/mol. The smallest absolute Gasteiger partial charge is 0.129 e. The van der Waals surface area contributed by atoms with E-state index < -0.39 is 11.5 Å². The molecule has 6 atom stereocenters. The fourth-order valence-corrected chi connectivity index (χ4v) is 4.96. The zero-order valence-electron chi connectivity index (χ0n) is 27.1. The van der Waals surface area contributed by atoms with Crippen molar-refractivity contribution >= 4 is 5.78 Å². The second-order valence-electron chi connectivity index (χ2n) is 11.2. The molecule has 254 valence electrons. The summed E-state index contributed by atoms with van der Waals surface area (Å²) in [7, 11) is 0. The van der Waals surface area contributed by atoms with Gasteiger partial charge in [0.2, 0.25) is 0 Å². The number of quaternary nitrogens is 1. The highest BCUT2D eigenvalue weighted by Crippen LogP contribution is 2.40. The maximum atomic E-state index is 11.0. The van der Waals surface area contributed by atoms with E-state index in [2.05, 4.69) is 42.6 Å². The van der Waals surface area contributed by atoms with Crippen LogP contribution in [0.4, 0.5) is 0 Å². The van der Waals surface area contributed by atoms with E-state index in [1.54, 1.807) is 6.92 Å². The molecule has 1 aliphatic rings. The molecule has 1 fully saturated rings. The van der Waals surface area contributed by atoms with Crippen molar-refractivity contribution in [3.63, 3.8) is 0 Å². The molecule has 1 aromatic rings. The van der Waals surface area contributed by atoms with Gasteiger partial charge >= 0.3 is 0 Å². The number of aliphatic hydroxyl groups excluding tert-OH is 3. The van der Waals surface area contributed by atoms with Crippen LogP contribution < -0.4 is 11.1 Å². The zero-order chi connectivity index (χ0) is 32.5. The minimum Gasteiger partial charge on any atom is -0.566 e. The standard InChI is InChI=1S/C25H36O3.C7H15NO4.C2H7N.H2O/c1-19-18-25(28)24(23(19)13-9-4-3-6-10-20(2)26)17-16-22(27)15-14-21-11-7-5-8-12-21;1-7(9)5-3-2-4-6-12-8(10)11;1-2-3;/h4-5,7-9,11-12,16-17,19,22-25,27-28H,3,6,10,13-15,18H2,1-2H3;8-10H,1-6H2;2-3H2,1H3;1H2/b9-4-,17-16+;;;/t19?,22-,23-,24+,25+;;;/m0.../s1. The second kappa shape index (κ2) is 28.1. The van der Waals surface area contributed by atoms with Crippen LogP contribution in [0.3, 0.4) is 0 Å². The Morgan fingerprint density at radius 2 is 1.84 bits per heavy atom. The number of Topliss-reactive ketones (excluding diaryl/α,β-unsaturated/α-hetero) is 1. The minimum absolute atomic E-state index is 0. The van der Waals surface area contributed by atoms with Gasteiger partial charge in [0.25, 0.3) is 0 Å². The summed E-state index contributed by atoms with van der Waals surface area (Å²) < 4.78 is 0. The van der Waals surface area contributed by atoms with Crippen molar-refractivity contribution in [2.45, 2.75) is 104 Å². The third kappa shape index (κ3) is 24.0. The van der Waals surface area contributed by atoms with E-state index in [0.29, 0.717) is 37.5 Å². The Hall–Kier alpha value is -2.41. The maximum Gasteiger partial charge on any atom is 0.129 e. The first-order valence-corrected chi connectivity index (χ1v) is 15.7. The minimum atomic E-state index is -1.23. The van der Waals surface area contributed by atoms with Gasteiger partial charge in [-0.25, -0.2) is 0 Å². The van der Waals surface area contributed by atoms with Crippen LogP contribution in [0.5, 0.6) is 0 Å². The number of nitrogens with one attached hydrogen (secondary N) is 1. The van der Waals surface area contributed by atoms with Gasteiger partial charge in [0.15, 0.2) is 0 Å². The third-order valence-corrected chi connectivity index (χ3v) is 7.22. The molecule has 0 aromatic heterocycles. The molecule has 0 saturated heterocycles. The molecule has 2 rings (SSSR count).